The number of hydrogen-bond donors (Lipinski definition) is 1. The Labute approximate surface area is 110 Å². The number of nitrogens with one attached hydrogen (secondary N) is 1. The second kappa shape index (κ2) is 5.57. The summed E-state index contributed by atoms with van der Waals surface area (Å²) in [5.41, 5.74) is 0.00969. The minimum atomic E-state index is -0.593. The van der Waals surface area contributed by atoms with Gasteiger partial charge in [-0.1, -0.05) is 0 Å². The van der Waals surface area contributed by atoms with E-state index in [0.29, 0.717) is 18.2 Å². The normalized spacial score (nSPS) is 16.2. The first-order valence-electron chi connectivity index (χ1n) is 5.87. The summed E-state index contributed by atoms with van der Waals surface area (Å²) in [6.45, 7) is 0.372. The molecule has 1 aromatic carbocycles. The maximum atomic E-state index is 13.6. The Hall–Kier alpha value is -1.29. The maximum absolute atomic E-state index is 13.6. The minimum Gasteiger partial charge on any atom is -0.497 e. The van der Waals surface area contributed by atoms with E-state index in [0.717, 1.165) is 12.8 Å². The molecule has 1 fully saturated rings. The van der Waals surface area contributed by atoms with Crippen molar-refractivity contribution < 1.29 is 13.9 Å². The minimum absolute atomic E-state index is 0.00969. The van der Waals surface area contributed by atoms with Crippen LogP contribution in [0.15, 0.2) is 18.2 Å². The average Bonchev–Trinajstić information content (AvgIpc) is 3.19. The molecule has 18 heavy (non-hydrogen) atoms. The average molecular weight is 272 g/mol. The molecule has 1 unspecified atom stereocenters. The van der Waals surface area contributed by atoms with Crippen LogP contribution in [0, 0.1) is 11.7 Å². The van der Waals surface area contributed by atoms with Crippen LogP contribution in [0.4, 0.5) is 4.39 Å². The van der Waals surface area contributed by atoms with Crippen LogP contribution in [0.25, 0.3) is 0 Å². The first-order valence-corrected chi connectivity index (χ1v) is 6.31. The molecular formula is C13H15ClFNO2. The number of ether oxygens (including phenoxy) is 1. The van der Waals surface area contributed by atoms with Crippen molar-refractivity contribution in [2.75, 3.05) is 13.7 Å². The molecule has 0 saturated heterocycles. The van der Waals surface area contributed by atoms with Crippen LogP contribution in [0.5, 0.6) is 5.75 Å². The molecule has 1 amide bonds. The summed E-state index contributed by atoms with van der Waals surface area (Å²) in [5.74, 6) is -0.157. The summed E-state index contributed by atoms with van der Waals surface area (Å²) >= 11 is 6.07. The number of alkyl halides is 1. The highest BCUT2D eigenvalue weighted by molar-refractivity contribution is 6.21. The molecule has 98 valence electrons. The van der Waals surface area contributed by atoms with Crippen molar-refractivity contribution in [3.63, 3.8) is 0 Å². The molecule has 0 spiro atoms. The lowest BCUT2D eigenvalue weighted by molar-refractivity contribution is 0.0949. The van der Waals surface area contributed by atoms with Crippen LogP contribution in [-0.2, 0) is 0 Å². The first kappa shape index (κ1) is 13.1. The molecule has 1 aromatic rings. The highest BCUT2D eigenvalue weighted by Gasteiger charge is 2.29. The van der Waals surface area contributed by atoms with E-state index in [2.05, 4.69) is 5.32 Å². The van der Waals surface area contributed by atoms with Crippen LogP contribution in [0.1, 0.15) is 23.2 Å². The maximum Gasteiger partial charge on any atom is 0.254 e. The third-order valence-corrected chi connectivity index (χ3v) is 3.52. The summed E-state index contributed by atoms with van der Waals surface area (Å²) in [4.78, 5) is 11.8. The molecule has 5 heteroatoms. The van der Waals surface area contributed by atoms with Gasteiger partial charge < -0.3 is 10.1 Å². The number of benzene rings is 1. The van der Waals surface area contributed by atoms with Gasteiger partial charge >= 0.3 is 0 Å². The highest BCUT2D eigenvalue weighted by Crippen LogP contribution is 2.35. The van der Waals surface area contributed by atoms with E-state index in [9.17, 15) is 9.18 Å². The lowest BCUT2D eigenvalue weighted by Gasteiger charge is -2.10. The Morgan fingerprint density at radius 2 is 2.33 bits per heavy atom. The zero-order chi connectivity index (χ0) is 13.1. The first-order chi connectivity index (χ1) is 8.61. The SMILES string of the molecule is COc1ccc(C(=O)NCC(Cl)C2CC2)c(F)c1. The number of amides is 1. The van der Waals surface area contributed by atoms with E-state index >= 15 is 0 Å². The molecule has 0 radical (unpaired) electrons. The van der Waals surface area contributed by atoms with Gasteiger partial charge in [-0.05, 0) is 30.9 Å². The quantitative estimate of drug-likeness (QED) is 0.836. The molecule has 2 rings (SSSR count). The number of carbonyl (C=O) groups excluding carboxylic acids is 1. The predicted molar refractivity (Wildman–Crippen MR) is 67.7 cm³/mol. The van der Waals surface area contributed by atoms with Crippen molar-refractivity contribution in [2.45, 2.75) is 18.2 Å². The Balaban J connectivity index is 1.95. The lowest BCUT2D eigenvalue weighted by Crippen LogP contribution is -2.31. The summed E-state index contributed by atoms with van der Waals surface area (Å²) in [6, 6.07) is 4.15. The van der Waals surface area contributed by atoms with Gasteiger partial charge in [0.1, 0.15) is 11.6 Å². The zero-order valence-corrected chi connectivity index (χ0v) is 10.8. The standard InChI is InChI=1S/C13H15ClFNO2/c1-18-9-4-5-10(12(15)6-9)13(17)16-7-11(14)8-2-3-8/h4-6,8,11H,2-3,7H2,1H3,(H,16,17). The molecule has 1 N–H and O–H groups in total. The van der Waals surface area contributed by atoms with Crippen LogP contribution < -0.4 is 10.1 Å². The fourth-order valence-corrected chi connectivity index (χ4v) is 2.05. The summed E-state index contributed by atoms with van der Waals surface area (Å²) in [7, 11) is 1.45. The molecule has 1 saturated carbocycles. The lowest BCUT2D eigenvalue weighted by atomic mass is 10.2. The van der Waals surface area contributed by atoms with Gasteiger partial charge in [-0.25, -0.2) is 4.39 Å². The molecule has 0 aromatic heterocycles. The van der Waals surface area contributed by atoms with Crippen LogP contribution in [-0.4, -0.2) is 24.9 Å². The second-order valence-electron chi connectivity index (χ2n) is 4.41. The van der Waals surface area contributed by atoms with Crippen molar-refractivity contribution in [1.29, 1.82) is 0 Å². The van der Waals surface area contributed by atoms with E-state index in [-0.39, 0.29) is 10.9 Å². The Kier molecular flexibility index (Phi) is 4.07. The van der Waals surface area contributed by atoms with Gasteiger partial charge in [-0.3, -0.25) is 4.79 Å². The molecule has 1 aliphatic rings. The summed E-state index contributed by atoms with van der Waals surface area (Å²) in [6.07, 6.45) is 2.22. The van der Waals surface area contributed by atoms with E-state index in [1.807, 2.05) is 0 Å². The van der Waals surface area contributed by atoms with E-state index < -0.39 is 11.7 Å². The fraction of sp³-hybridized carbons (Fsp3) is 0.462. The van der Waals surface area contributed by atoms with Crippen molar-refractivity contribution in [3.8, 4) is 5.75 Å². The van der Waals surface area contributed by atoms with Crippen molar-refractivity contribution >= 4 is 17.5 Å². The largest absolute Gasteiger partial charge is 0.497 e. The van der Waals surface area contributed by atoms with Gasteiger partial charge in [0, 0.05) is 12.6 Å². The predicted octanol–water partition coefficient (Wildman–Crippen LogP) is 2.58. The molecule has 1 atom stereocenters. The third kappa shape index (κ3) is 3.13. The Bertz CT molecular complexity index is 449. The third-order valence-electron chi connectivity index (χ3n) is 3.01. The smallest absolute Gasteiger partial charge is 0.254 e. The summed E-state index contributed by atoms with van der Waals surface area (Å²) in [5, 5.41) is 2.59. The molecule has 0 heterocycles. The Morgan fingerprint density at radius 1 is 1.61 bits per heavy atom. The monoisotopic (exact) mass is 271 g/mol. The van der Waals surface area contributed by atoms with Crippen molar-refractivity contribution in [3.05, 3.63) is 29.6 Å². The Morgan fingerprint density at radius 3 is 2.89 bits per heavy atom. The molecule has 1 aliphatic carbocycles. The second-order valence-corrected chi connectivity index (χ2v) is 4.97. The van der Waals surface area contributed by atoms with E-state index in [1.54, 1.807) is 6.07 Å². The number of rotatable bonds is 5. The van der Waals surface area contributed by atoms with Gasteiger partial charge in [0.2, 0.25) is 0 Å². The number of carbonyl (C=O) groups is 1. The van der Waals surface area contributed by atoms with Gasteiger partial charge in [0.05, 0.1) is 18.1 Å². The van der Waals surface area contributed by atoms with Crippen molar-refractivity contribution in [1.82, 2.24) is 5.32 Å². The van der Waals surface area contributed by atoms with Crippen molar-refractivity contribution in [2.24, 2.45) is 5.92 Å². The van der Waals surface area contributed by atoms with Crippen LogP contribution in [0.3, 0.4) is 0 Å². The van der Waals surface area contributed by atoms with Gasteiger partial charge in [-0.15, -0.1) is 11.6 Å². The van der Waals surface area contributed by atoms with Gasteiger partial charge in [0.15, 0.2) is 0 Å². The number of hydrogen-bond acceptors (Lipinski definition) is 2. The molecular weight excluding hydrogens is 257 g/mol. The highest BCUT2D eigenvalue weighted by atomic mass is 35.5. The van der Waals surface area contributed by atoms with Crippen LogP contribution >= 0.6 is 11.6 Å². The zero-order valence-electron chi connectivity index (χ0n) is 10.1. The van der Waals surface area contributed by atoms with E-state index in [1.165, 1.54) is 19.2 Å². The van der Waals surface area contributed by atoms with Crippen LogP contribution in [0.2, 0.25) is 0 Å². The molecule has 3 nitrogen and oxygen atoms in total. The number of halogens is 2. The fourth-order valence-electron chi connectivity index (χ4n) is 1.72. The molecule has 0 aliphatic heterocycles. The molecule has 0 bridgehead atoms. The topological polar surface area (TPSA) is 38.3 Å². The van der Waals surface area contributed by atoms with E-state index in [4.69, 9.17) is 16.3 Å². The van der Waals surface area contributed by atoms with Gasteiger partial charge in [0.25, 0.3) is 5.91 Å². The summed E-state index contributed by atoms with van der Waals surface area (Å²) < 4.78 is 18.5. The van der Waals surface area contributed by atoms with Gasteiger partial charge in [-0.2, -0.15) is 0 Å². The number of methoxy groups -OCH3 is 1.